The van der Waals surface area contributed by atoms with Crippen LogP contribution >= 0.6 is 0 Å². The molecule has 1 amide bonds. The average molecular weight is 254 g/mol. The molecule has 0 saturated heterocycles. The predicted molar refractivity (Wildman–Crippen MR) is 74.6 cm³/mol. The van der Waals surface area contributed by atoms with E-state index in [1.807, 2.05) is 6.92 Å². The van der Waals surface area contributed by atoms with Crippen LogP contribution in [0, 0.1) is 5.92 Å². The summed E-state index contributed by atoms with van der Waals surface area (Å²) in [7, 11) is 0. The Morgan fingerprint density at radius 1 is 1.17 bits per heavy atom. The van der Waals surface area contributed by atoms with Crippen LogP contribution < -0.4 is 16.0 Å². The number of amides is 1. The van der Waals surface area contributed by atoms with E-state index in [1.54, 1.807) is 0 Å². The molecule has 1 saturated carbocycles. The minimum Gasteiger partial charge on any atom is -0.357 e. The Kier molecular flexibility index (Phi) is 7.22. The van der Waals surface area contributed by atoms with Gasteiger partial charge in [-0.3, -0.25) is 9.79 Å². The average Bonchev–Trinajstić information content (AvgIpc) is 3.18. The van der Waals surface area contributed by atoms with Crippen molar-refractivity contribution in [3.8, 4) is 0 Å². The molecular formula is C13H26N4O. The molecule has 0 heterocycles. The van der Waals surface area contributed by atoms with Gasteiger partial charge in [-0.15, -0.1) is 0 Å². The molecule has 0 atom stereocenters. The van der Waals surface area contributed by atoms with Crippen molar-refractivity contribution >= 4 is 11.9 Å². The van der Waals surface area contributed by atoms with E-state index in [4.69, 9.17) is 0 Å². The normalized spacial score (nSPS) is 15.3. The van der Waals surface area contributed by atoms with Crippen molar-refractivity contribution in [1.29, 1.82) is 0 Å². The molecule has 1 aliphatic carbocycles. The van der Waals surface area contributed by atoms with Crippen LogP contribution in [0.2, 0.25) is 0 Å². The highest BCUT2D eigenvalue weighted by Gasteiger charge is 2.28. The van der Waals surface area contributed by atoms with E-state index in [0.717, 1.165) is 51.3 Å². The summed E-state index contributed by atoms with van der Waals surface area (Å²) in [5.41, 5.74) is 0. The Morgan fingerprint density at radius 2 is 1.89 bits per heavy atom. The number of hydrogen-bond acceptors (Lipinski definition) is 2. The minimum absolute atomic E-state index is 0.199. The third-order valence-corrected chi connectivity index (χ3v) is 2.79. The van der Waals surface area contributed by atoms with Crippen molar-refractivity contribution in [3.05, 3.63) is 0 Å². The molecule has 0 spiro atoms. The van der Waals surface area contributed by atoms with E-state index < -0.39 is 0 Å². The van der Waals surface area contributed by atoms with Gasteiger partial charge in [-0.2, -0.15) is 0 Å². The van der Waals surface area contributed by atoms with Crippen LogP contribution in [0.25, 0.3) is 0 Å². The summed E-state index contributed by atoms with van der Waals surface area (Å²) in [5.74, 6) is 1.33. The molecule has 0 bridgehead atoms. The number of carbonyl (C=O) groups excluding carboxylic acids is 1. The van der Waals surface area contributed by atoms with E-state index in [0.29, 0.717) is 6.54 Å². The minimum atomic E-state index is 0.199. The summed E-state index contributed by atoms with van der Waals surface area (Å²) >= 11 is 0. The second kappa shape index (κ2) is 8.78. The van der Waals surface area contributed by atoms with Gasteiger partial charge in [0.05, 0.1) is 0 Å². The summed E-state index contributed by atoms with van der Waals surface area (Å²) in [4.78, 5) is 15.9. The third-order valence-electron chi connectivity index (χ3n) is 2.79. The van der Waals surface area contributed by atoms with Crippen molar-refractivity contribution in [3.63, 3.8) is 0 Å². The van der Waals surface area contributed by atoms with Gasteiger partial charge in [-0.25, -0.2) is 0 Å². The molecule has 0 aromatic rings. The molecule has 0 aliphatic heterocycles. The van der Waals surface area contributed by atoms with Gasteiger partial charge in [-0.1, -0.05) is 13.3 Å². The molecule has 1 rings (SSSR count). The highest BCUT2D eigenvalue weighted by atomic mass is 16.2. The zero-order chi connectivity index (χ0) is 13.2. The summed E-state index contributed by atoms with van der Waals surface area (Å²) in [5, 5.41) is 9.33. The topological polar surface area (TPSA) is 65.5 Å². The highest BCUT2D eigenvalue weighted by Crippen LogP contribution is 2.28. The van der Waals surface area contributed by atoms with Crippen LogP contribution in [0.3, 0.4) is 0 Å². The van der Waals surface area contributed by atoms with Crippen molar-refractivity contribution in [2.45, 2.75) is 39.5 Å². The van der Waals surface area contributed by atoms with E-state index >= 15 is 0 Å². The largest absolute Gasteiger partial charge is 0.357 e. The number of carbonyl (C=O) groups is 1. The Bertz CT molecular complexity index is 274. The predicted octanol–water partition coefficient (Wildman–Crippen LogP) is 0.868. The SMILES string of the molecule is CCCCN=C(NCC)NCCNC(=O)C1CC1. The van der Waals surface area contributed by atoms with Crippen LogP contribution in [0.15, 0.2) is 4.99 Å². The van der Waals surface area contributed by atoms with E-state index in [1.165, 1.54) is 0 Å². The first-order chi connectivity index (χ1) is 8.77. The van der Waals surface area contributed by atoms with Crippen molar-refractivity contribution in [1.82, 2.24) is 16.0 Å². The molecule has 3 N–H and O–H groups in total. The van der Waals surface area contributed by atoms with Crippen LogP contribution in [0.4, 0.5) is 0 Å². The molecule has 0 aromatic heterocycles. The molecule has 0 radical (unpaired) electrons. The Morgan fingerprint density at radius 3 is 2.50 bits per heavy atom. The Hall–Kier alpha value is -1.26. The number of hydrogen-bond donors (Lipinski definition) is 3. The first-order valence-electron chi connectivity index (χ1n) is 7.07. The summed E-state index contributed by atoms with van der Waals surface area (Å²) in [6.45, 7) is 7.28. The fourth-order valence-electron chi connectivity index (χ4n) is 1.55. The van der Waals surface area contributed by atoms with Gasteiger partial charge in [0.1, 0.15) is 0 Å². The lowest BCUT2D eigenvalue weighted by Crippen LogP contribution is -2.41. The smallest absolute Gasteiger partial charge is 0.223 e. The number of unbranched alkanes of at least 4 members (excludes halogenated alkanes) is 1. The second-order valence-corrected chi connectivity index (χ2v) is 4.61. The van der Waals surface area contributed by atoms with Crippen LogP contribution in [0.5, 0.6) is 0 Å². The monoisotopic (exact) mass is 254 g/mol. The van der Waals surface area contributed by atoms with Gasteiger partial charge < -0.3 is 16.0 Å². The lowest BCUT2D eigenvalue weighted by molar-refractivity contribution is -0.122. The fraction of sp³-hybridized carbons (Fsp3) is 0.846. The van der Waals surface area contributed by atoms with Gasteiger partial charge >= 0.3 is 0 Å². The second-order valence-electron chi connectivity index (χ2n) is 4.61. The lowest BCUT2D eigenvalue weighted by Gasteiger charge is -2.11. The Balaban J connectivity index is 2.11. The van der Waals surface area contributed by atoms with E-state index in [2.05, 4.69) is 27.9 Å². The maximum Gasteiger partial charge on any atom is 0.223 e. The summed E-state index contributed by atoms with van der Waals surface area (Å²) in [6, 6.07) is 0. The lowest BCUT2D eigenvalue weighted by atomic mass is 10.3. The van der Waals surface area contributed by atoms with E-state index in [9.17, 15) is 4.79 Å². The van der Waals surface area contributed by atoms with Crippen LogP contribution in [0.1, 0.15) is 39.5 Å². The van der Waals surface area contributed by atoms with Gasteiger partial charge in [0.25, 0.3) is 0 Å². The maximum absolute atomic E-state index is 11.4. The summed E-state index contributed by atoms with van der Waals surface area (Å²) < 4.78 is 0. The molecule has 1 aliphatic rings. The molecule has 0 aromatic carbocycles. The third kappa shape index (κ3) is 6.47. The number of aliphatic imine (C=N–C) groups is 1. The van der Waals surface area contributed by atoms with Gasteiger partial charge in [0, 0.05) is 32.1 Å². The van der Waals surface area contributed by atoms with Gasteiger partial charge in [-0.05, 0) is 26.2 Å². The Labute approximate surface area is 110 Å². The number of guanidine groups is 1. The highest BCUT2D eigenvalue weighted by molar-refractivity contribution is 5.81. The number of rotatable bonds is 8. The van der Waals surface area contributed by atoms with E-state index in [-0.39, 0.29) is 11.8 Å². The summed E-state index contributed by atoms with van der Waals surface area (Å²) in [6.07, 6.45) is 4.37. The zero-order valence-corrected chi connectivity index (χ0v) is 11.6. The van der Waals surface area contributed by atoms with Crippen molar-refractivity contribution < 1.29 is 4.79 Å². The van der Waals surface area contributed by atoms with Crippen molar-refractivity contribution in [2.24, 2.45) is 10.9 Å². The molecule has 5 nitrogen and oxygen atoms in total. The first kappa shape index (κ1) is 14.8. The molecular weight excluding hydrogens is 228 g/mol. The molecule has 18 heavy (non-hydrogen) atoms. The fourth-order valence-corrected chi connectivity index (χ4v) is 1.55. The van der Waals surface area contributed by atoms with Gasteiger partial charge in [0.2, 0.25) is 5.91 Å². The van der Waals surface area contributed by atoms with Crippen LogP contribution in [-0.2, 0) is 4.79 Å². The van der Waals surface area contributed by atoms with Crippen molar-refractivity contribution in [2.75, 3.05) is 26.2 Å². The zero-order valence-electron chi connectivity index (χ0n) is 11.6. The first-order valence-corrected chi connectivity index (χ1v) is 7.07. The quantitative estimate of drug-likeness (QED) is 0.342. The molecule has 5 heteroatoms. The number of nitrogens with zero attached hydrogens (tertiary/aromatic N) is 1. The molecule has 0 unspecified atom stereocenters. The standard InChI is InChI=1S/C13H26N4O/c1-3-5-8-16-13(14-4-2)17-10-9-15-12(18)11-6-7-11/h11H,3-10H2,1-2H3,(H,15,18)(H2,14,16,17). The maximum atomic E-state index is 11.4. The number of nitrogens with one attached hydrogen (secondary N) is 3. The molecule has 104 valence electrons. The van der Waals surface area contributed by atoms with Gasteiger partial charge in [0.15, 0.2) is 5.96 Å². The molecule has 1 fully saturated rings. The van der Waals surface area contributed by atoms with Crippen LogP contribution in [-0.4, -0.2) is 38.0 Å².